The molecule has 0 atom stereocenters. The molecule has 1 amide bonds. The van der Waals surface area contributed by atoms with E-state index >= 15 is 0 Å². The maximum absolute atomic E-state index is 12.5. The van der Waals surface area contributed by atoms with Crippen LogP contribution in [0.1, 0.15) is 43.6 Å². The number of carbonyl (C=O) groups is 1. The first-order chi connectivity index (χ1) is 17.3. The topological polar surface area (TPSA) is 107 Å². The van der Waals surface area contributed by atoms with Gasteiger partial charge in [-0.25, -0.2) is 4.98 Å². The summed E-state index contributed by atoms with van der Waals surface area (Å²) in [5.74, 6) is -0.146. The lowest BCUT2D eigenvalue weighted by atomic mass is 9.86. The minimum Gasteiger partial charge on any atom is -0.350 e. The fraction of sp³-hybridized carbons (Fsp3) is 0.207. The predicted octanol–water partition coefficient (Wildman–Crippen LogP) is 5.78. The van der Waals surface area contributed by atoms with Gasteiger partial charge in [-0.2, -0.15) is 10.4 Å². The van der Waals surface area contributed by atoms with Crippen LogP contribution in [0.25, 0.3) is 44.2 Å². The van der Waals surface area contributed by atoms with E-state index in [1.165, 1.54) is 0 Å². The van der Waals surface area contributed by atoms with Crippen LogP contribution in [0.4, 0.5) is 0 Å². The molecule has 5 rings (SSSR count). The second-order valence-corrected chi connectivity index (χ2v) is 9.76. The number of aromatic amines is 1. The Morgan fingerprint density at radius 1 is 0.972 bits per heavy atom. The van der Waals surface area contributed by atoms with Crippen LogP contribution in [-0.2, 0) is 5.41 Å². The highest BCUT2D eigenvalue weighted by molar-refractivity contribution is 6.10. The van der Waals surface area contributed by atoms with Gasteiger partial charge in [-0.15, -0.1) is 0 Å². The van der Waals surface area contributed by atoms with Crippen LogP contribution in [0.5, 0.6) is 0 Å². The van der Waals surface area contributed by atoms with Crippen molar-refractivity contribution in [1.29, 1.82) is 5.26 Å². The molecule has 5 aromatic rings. The third-order valence-corrected chi connectivity index (χ3v) is 6.31. The Hall–Kier alpha value is -4.57. The largest absolute Gasteiger partial charge is 0.350 e. The van der Waals surface area contributed by atoms with Gasteiger partial charge < -0.3 is 5.32 Å². The Balaban J connectivity index is 1.58. The molecule has 0 saturated heterocycles. The van der Waals surface area contributed by atoms with Crippen molar-refractivity contribution in [2.45, 2.75) is 39.2 Å². The van der Waals surface area contributed by atoms with Gasteiger partial charge in [-0.1, -0.05) is 30.3 Å². The van der Waals surface area contributed by atoms with E-state index in [4.69, 9.17) is 4.98 Å². The van der Waals surface area contributed by atoms with E-state index < -0.39 is 5.41 Å². The average Bonchev–Trinajstić information content (AvgIpc) is 3.38. The number of carbonyl (C=O) groups excluding carboxylic acids is 1. The molecule has 0 spiro atoms. The van der Waals surface area contributed by atoms with Gasteiger partial charge in [-0.3, -0.25) is 14.9 Å². The van der Waals surface area contributed by atoms with Crippen molar-refractivity contribution >= 4 is 27.7 Å². The van der Waals surface area contributed by atoms with Gasteiger partial charge in [0.15, 0.2) is 0 Å². The summed E-state index contributed by atoms with van der Waals surface area (Å²) in [6, 6.07) is 18.2. The lowest BCUT2D eigenvalue weighted by Gasteiger charge is -2.16. The Labute approximate surface area is 209 Å². The molecule has 7 nitrogen and oxygen atoms in total. The number of pyridine rings is 2. The van der Waals surface area contributed by atoms with Crippen molar-refractivity contribution in [1.82, 2.24) is 25.5 Å². The number of H-pyrrole nitrogens is 1. The number of hydrogen-bond donors (Lipinski definition) is 2. The van der Waals surface area contributed by atoms with Crippen LogP contribution >= 0.6 is 0 Å². The fourth-order valence-electron chi connectivity index (χ4n) is 4.26. The number of nitriles is 1. The third-order valence-electron chi connectivity index (χ3n) is 6.31. The number of rotatable bonds is 5. The fourth-order valence-corrected chi connectivity index (χ4v) is 4.26. The van der Waals surface area contributed by atoms with Crippen molar-refractivity contribution in [2.24, 2.45) is 0 Å². The van der Waals surface area contributed by atoms with Gasteiger partial charge in [0.05, 0.1) is 40.0 Å². The highest BCUT2D eigenvalue weighted by Crippen LogP contribution is 2.34. The van der Waals surface area contributed by atoms with E-state index in [9.17, 15) is 10.1 Å². The summed E-state index contributed by atoms with van der Waals surface area (Å²) in [5.41, 5.74) is 6.14. The first-order valence-corrected chi connectivity index (χ1v) is 11.8. The zero-order chi connectivity index (χ0) is 25.4. The highest BCUT2D eigenvalue weighted by atomic mass is 16.1. The van der Waals surface area contributed by atoms with Crippen LogP contribution < -0.4 is 5.32 Å². The van der Waals surface area contributed by atoms with Crippen molar-refractivity contribution in [3.8, 4) is 28.5 Å². The molecule has 0 aliphatic rings. The monoisotopic (exact) mass is 474 g/mol. The average molecular weight is 475 g/mol. The third kappa shape index (κ3) is 4.18. The quantitative estimate of drug-likeness (QED) is 0.336. The molecule has 2 aromatic carbocycles. The summed E-state index contributed by atoms with van der Waals surface area (Å²) in [6.07, 6.45) is 5.14. The first-order valence-electron chi connectivity index (χ1n) is 11.8. The van der Waals surface area contributed by atoms with Crippen LogP contribution in [0, 0.1) is 11.3 Å². The number of nitrogens with zero attached hydrogens (tertiary/aromatic N) is 4. The van der Waals surface area contributed by atoms with Crippen LogP contribution in [0.3, 0.4) is 0 Å². The molecule has 178 valence electrons. The molecule has 2 N–H and O–H groups in total. The number of nitrogens with one attached hydrogen (secondary N) is 2. The van der Waals surface area contributed by atoms with Crippen molar-refractivity contribution in [3.05, 3.63) is 78.2 Å². The molecule has 36 heavy (non-hydrogen) atoms. The summed E-state index contributed by atoms with van der Waals surface area (Å²) in [5, 5.41) is 21.7. The van der Waals surface area contributed by atoms with Gasteiger partial charge in [0, 0.05) is 40.3 Å². The van der Waals surface area contributed by atoms with Crippen LogP contribution in [0.15, 0.2) is 67.1 Å². The number of amides is 1. The molecule has 0 aliphatic carbocycles. The van der Waals surface area contributed by atoms with E-state index in [2.05, 4.69) is 32.6 Å². The molecule has 0 saturated carbocycles. The maximum Gasteiger partial charge on any atom is 0.253 e. The van der Waals surface area contributed by atoms with Crippen LogP contribution in [-0.4, -0.2) is 32.1 Å². The van der Waals surface area contributed by atoms with Crippen molar-refractivity contribution in [2.75, 3.05) is 0 Å². The molecule has 3 heterocycles. The Morgan fingerprint density at radius 3 is 2.44 bits per heavy atom. The number of aromatic nitrogens is 4. The second-order valence-electron chi connectivity index (χ2n) is 9.76. The minimum absolute atomic E-state index is 0.0468. The normalized spacial score (nSPS) is 11.7. The van der Waals surface area contributed by atoms with Gasteiger partial charge in [0.2, 0.25) is 0 Å². The molecule has 7 heteroatoms. The SMILES string of the molecule is CC(C)NC(=O)c1cncc(-c2ccc3nc(-c4ccc(C(C)(C)C#N)cc4)c4[nH]ncc4c3c2)c1. The lowest BCUT2D eigenvalue weighted by molar-refractivity contribution is 0.0943. The van der Waals surface area contributed by atoms with Crippen molar-refractivity contribution < 1.29 is 4.79 Å². The van der Waals surface area contributed by atoms with E-state index in [-0.39, 0.29) is 11.9 Å². The highest BCUT2D eigenvalue weighted by Gasteiger charge is 2.20. The predicted molar refractivity (Wildman–Crippen MR) is 141 cm³/mol. The van der Waals surface area contributed by atoms with Crippen molar-refractivity contribution in [3.63, 3.8) is 0 Å². The van der Waals surface area contributed by atoms with E-state index in [0.29, 0.717) is 5.56 Å². The smallest absolute Gasteiger partial charge is 0.253 e. The standard InChI is InChI=1S/C29H26N6O/c1-17(2)33-28(36)21-11-20(13-31-14-21)19-7-10-25-23(12-19)24-15-32-35-27(24)26(34-25)18-5-8-22(9-6-18)29(3,4)16-30/h5-15,17H,1-4H3,(H,32,35)(H,33,36). The van der Waals surface area contributed by atoms with E-state index in [1.54, 1.807) is 12.4 Å². The van der Waals surface area contributed by atoms with Crippen LogP contribution in [0.2, 0.25) is 0 Å². The Kier molecular flexibility index (Phi) is 5.73. The summed E-state index contributed by atoms with van der Waals surface area (Å²) >= 11 is 0. The molecular formula is C29H26N6O. The molecule has 0 radical (unpaired) electrons. The van der Waals surface area contributed by atoms with E-state index in [0.717, 1.165) is 49.8 Å². The molecular weight excluding hydrogens is 448 g/mol. The van der Waals surface area contributed by atoms with Gasteiger partial charge >= 0.3 is 0 Å². The van der Waals surface area contributed by atoms with Gasteiger partial charge in [0.25, 0.3) is 5.91 Å². The molecule has 3 aromatic heterocycles. The van der Waals surface area contributed by atoms with Gasteiger partial charge in [-0.05, 0) is 57.0 Å². The van der Waals surface area contributed by atoms with E-state index in [1.807, 2.05) is 76.4 Å². The maximum atomic E-state index is 12.5. The van der Waals surface area contributed by atoms with Gasteiger partial charge in [0.1, 0.15) is 0 Å². The molecule has 0 aliphatic heterocycles. The molecule has 0 bridgehead atoms. The molecule has 0 fully saturated rings. The Morgan fingerprint density at radius 2 is 1.72 bits per heavy atom. The summed E-state index contributed by atoms with van der Waals surface area (Å²) < 4.78 is 0. The zero-order valence-electron chi connectivity index (χ0n) is 20.6. The summed E-state index contributed by atoms with van der Waals surface area (Å²) in [4.78, 5) is 21.7. The lowest BCUT2D eigenvalue weighted by Crippen LogP contribution is -2.30. The second kappa shape index (κ2) is 8.90. The number of hydrogen-bond acceptors (Lipinski definition) is 5. The summed E-state index contributed by atoms with van der Waals surface area (Å²) in [6.45, 7) is 7.67. The minimum atomic E-state index is -0.559. The number of fused-ring (bicyclic) bond motifs is 3. The molecule has 0 unspecified atom stereocenters. The first kappa shape index (κ1) is 23.2. The number of benzene rings is 2. The zero-order valence-corrected chi connectivity index (χ0v) is 20.6. The Bertz CT molecular complexity index is 1640. The summed E-state index contributed by atoms with van der Waals surface area (Å²) in [7, 11) is 0.